The summed E-state index contributed by atoms with van der Waals surface area (Å²) in [4.78, 5) is 2.97. The standard InChI is InChI=1S/C21H20Cl2FN2O2P/c1-12(19-16(22)8-9-17(24)20(19)23)28-18-10-14(11-26-21(18)25)13-4-6-15(7-5-13)29(2,3)27/h4-12H,1-3H3,(H2,25,26)/p+1. The maximum absolute atomic E-state index is 13.8. The van der Waals surface area contributed by atoms with Crippen LogP contribution in [0.3, 0.4) is 0 Å². The van der Waals surface area contributed by atoms with Crippen molar-refractivity contribution in [3.63, 3.8) is 0 Å². The second-order valence-corrected chi connectivity index (χ2v) is 11.1. The van der Waals surface area contributed by atoms with Gasteiger partial charge < -0.3 is 9.30 Å². The fourth-order valence-electron chi connectivity index (χ4n) is 2.93. The number of nitrogens with one attached hydrogen (secondary N) is 1. The predicted octanol–water partition coefficient (Wildman–Crippen LogP) is 5.58. The van der Waals surface area contributed by atoms with Gasteiger partial charge in [-0.05, 0) is 37.9 Å². The Morgan fingerprint density at radius 1 is 1.10 bits per heavy atom. The van der Waals surface area contributed by atoms with Gasteiger partial charge in [-0.25, -0.2) is 9.37 Å². The number of benzene rings is 2. The van der Waals surface area contributed by atoms with Crippen molar-refractivity contribution in [2.24, 2.45) is 0 Å². The van der Waals surface area contributed by atoms with Gasteiger partial charge in [0, 0.05) is 27.5 Å². The van der Waals surface area contributed by atoms with Gasteiger partial charge in [-0.3, -0.25) is 5.73 Å². The lowest BCUT2D eigenvalue weighted by molar-refractivity contribution is -0.360. The molecule has 29 heavy (non-hydrogen) atoms. The van der Waals surface area contributed by atoms with E-state index in [-0.39, 0.29) is 5.02 Å². The van der Waals surface area contributed by atoms with Crippen LogP contribution in [0.1, 0.15) is 18.6 Å². The van der Waals surface area contributed by atoms with Crippen LogP contribution in [0.5, 0.6) is 5.75 Å². The monoisotopic (exact) mass is 453 g/mol. The lowest BCUT2D eigenvalue weighted by Gasteiger charge is -2.18. The van der Waals surface area contributed by atoms with Crippen LogP contribution in [0, 0.1) is 5.82 Å². The van der Waals surface area contributed by atoms with Crippen molar-refractivity contribution in [3.05, 3.63) is 70.1 Å². The Kier molecular flexibility index (Phi) is 6.23. The minimum Gasteiger partial charge on any atom is -0.478 e. The Morgan fingerprint density at radius 2 is 1.76 bits per heavy atom. The molecule has 2 aromatic carbocycles. The van der Waals surface area contributed by atoms with Crippen molar-refractivity contribution >= 4 is 41.5 Å². The largest absolute Gasteiger partial charge is 0.478 e. The van der Waals surface area contributed by atoms with Crippen molar-refractivity contribution < 1.29 is 18.7 Å². The fourth-order valence-corrected chi connectivity index (χ4v) is 4.47. The molecule has 1 aromatic heterocycles. The molecule has 0 aliphatic rings. The molecule has 0 aliphatic heterocycles. The average Bonchev–Trinajstić information content (AvgIpc) is 2.66. The van der Waals surface area contributed by atoms with Crippen molar-refractivity contribution in [3.8, 4) is 16.9 Å². The fraction of sp³-hybridized carbons (Fsp3) is 0.190. The van der Waals surface area contributed by atoms with E-state index in [1.165, 1.54) is 12.1 Å². The number of ether oxygens (including phenoxy) is 1. The summed E-state index contributed by atoms with van der Waals surface area (Å²) < 4.78 is 32.0. The Bertz CT molecular complexity index is 1100. The molecule has 3 N–H and O–H groups in total. The van der Waals surface area contributed by atoms with Crippen LogP contribution in [-0.4, -0.2) is 13.3 Å². The summed E-state index contributed by atoms with van der Waals surface area (Å²) in [7, 11) is -2.32. The summed E-state index contributed by atoms with van der Waals surface area (Å²) in [5, 5.41) is 1.03. The van der Waals surface area contributed by atoms with Crippen molar-refractivity contribution in [1.29, 1.82) is 0 Å². The summed E-state index contributed by atoms with van der Waals surface area (Å²) in [6.07, 6.45) is 1.12. The van der Waals surface area contributed by atoms with Gasteiger partial charge >= 0.3 is 5.82 Å². The van der Waals surface area contributed by atoms with Crippen LogP contribution >= 0.6 is 30.3 Å². The summed E-state index contributed by atoms with van der Waals surface area (Å²) in [5.41, 5.74) is 8.10. The highest BCUT2D eigenvalue weighted by Crippen LogP contribution is 2.37. The molecule has 8 heteroatoms. The Labute approximate surface area is 179 Å². The summed E-state index contributed by atoms with van der Waals surface area (Å²) in [6, 6.07) is 11.9. The minimum absolute atomic E-state index is 0.0807. The number of nitrogens with two attached hydrogens (primary N) is 1. The molecule has 4 nitrogen and oxygen atoms in total. The first-order chi connectivity index (χ1) is 13.6. The maximum Gasteiger partial charge on any atom is 0.313 e. The Hall–Kier alpha value is -2.07. The third-order valence-corrected chi connectivity index (χ3v) is 6.80. The first-order valence-corrected chi connectivity index (χ1v) is 12.2. The van der Waals surface area contributed by atoms with E-state index in [1.54, 1.807) is 32.5 Å². The Balaban J connectivity index is 1.92. The van der Waals surface area contributed by atoms with Crippen LogP contribution in [0.15, 0.2) is 48.7 Å². The van der Waals surface area contributed by atoms with Gasteiger partial charge in [-0.2, -0.15) is 0 Å². The minimum atomic E-state index is -2.32. The van der Waals surface area contributed by atoms with Crippen LogP contribution < -0.4 is 20.8 Å². The van der Waals surface area contributed by atoms with Crippen LogP contribution in [0.4, 0.5) is 10.2 Å². The van der Waals surface area contributed by atoms with E-state index in [4.69, 9.17) is 33.7 Å². The number of hydrogen-bond donors (Lipinski definition) is 1. The van der Waals surface area contributed by atoms with Crippen molar-refractivity contribution in [2.45, 2.75) is 13.0 Å². The zero-order valence-corrected chi connectivity index (χ0v) is 18.6. The van der Waals surface area contributed by atoms with E-state index in [1.807, 2.05) is 24.3 Å². The van der Waals surface area contributed by atoms with E-state index in [0.717, 1.165) is 16.4 Å². The number of aromatic amines is 1. The van der Waals surface area contributed by atoms with Crippen LogP contribution in [0.25, 0.3) is 11.1 Å². The van der Waals surface area contributed by atoms with Crippen molar-refractivity contribution in [2.75, 3.05) is 19.1 Å². The van der Waals surface area contributed by atoms with Gasteiger partial charge in [0.15, 0.2) is 0 Å². The molecule has 1 unspecified atom stereocenters. The first-order valence-electron chi connectivity index (χ1n) is 8.85. The molecule has 0 saturated carbocycles. The summed E-state index contributed by atoms with van der Waals surface area (Å²) in [6.45, 7) is 5.18. The molecule has 0 saturated heterocycles. The van der Waals surface area contributed by atoms with Gasteiger partial charge in [0.2, 0.25) is 5.75 Å². The lowest BCUT2D eigenvalue weighted by Crippen LogP contribution is -2.14. The number of anilines is 1. The van der Waals surface area contributed by atoms with Gasteiger partial charge in [-0.1, -0.05) is 47.5 Å². The third-order valence-electron chi connectivity index (χ3n) is 4.55. The molecule has 0 fully saturated rings. The van der Waals surface area contributed by atoms with E-state index < -0.39 is 19.1 Å². The highest BCUT2D eigenvalue weighted by Gasteiger charge is 2.21. The van der Waals surface area contributed by atoms with Crippen LogP contribution in [0.2, 0.25) is 10.0 Å². The quantitative estimate of drug-likeness (QED) is 0.404. The van der Waals surface area contributed by atoms with E-state index >= 15 is 0 Å². The molecule has 0 radical (unpaired) electrons. The number of halogens is 3. The molecule has 1 heterocycles. The predicted molar refractivity (Wildman–Crippen MR) is 117 cm³/mol. The second kappa shape index (κ2) is 8.35. The summed E-state index contributed by atoms with van der Waals surface area (Å²) >= 11 is 12.3. The lowest BCUT2D eigenvalue weighted by atomic mass is 10.1. The molecule has 0 bridgehead atoms. The molecule has 0 aliphatic carbocycles. The number of aromatic nitrogens is 1. The third kappa shape index (κ3) is 4.75. The number of pyridine rings is 1. The zero-order chi connectivity index (χ0) is 21.3. The summed E-state index contributed by atoms with van der Waals surface area (Å²) in [5.74, 6) is 0.124. The van der Waals surface area contributed by atoms with Crippen LogP contribution in [-0.2, 0) is 4.57 Å². The van der Waals surface area contributed by atoms with Gasteiger partial charge in [0.05, 0.1) is 11.2 Å². The maximum atomic E-state index is 13.8. The smallest absolute Gasteiger partial charge is 0.313 e. The molecule has 1 atom stereocenters. The molecular formula is C21H21Cl2FN2O2P+. The first kappa shape index (κ1) is 21.6. The molecule has 3 rings (SSSR count). The van der Waals surface area contributed by atoms with E-state index in [2.05, 4.69) is 4.98 Å². The van der Waals surface area contributed by atoms with Gasteiger partial charge in [-0.15, -0.1) is 0 Å². The average molecular weight is 454 g/mol. The molecule has 0 spiro atoms. The number of hydrogen-bond acceptors (Lipinski definition) is 3. The number of rotatable bonds is 5. The zero-order valence-electron chi connectivity index (χ0n) is 16.2. The van der Waals surface area contributed by atoms with E-state index in [9.17, 15) is 8.96 Å². The topological polar surface area (TPSA) is 66.5 Å². The highest BCUT2D eigenvalue weighted by molar-refractivity contribution is 7.70. The second-order valence-electron chi connectivity index (χ2n) is 7.08. The van der Waals surface area contributed by atoms with E-state index in [0.29, 0.717) is 22.2 Å². The molecule has 3 aromatic rings. The molecular weight excluding hydrogens is 433 g/mol. The normalized spacial score (nSPS) is 12.6. The van der Waals surface area contributed by atoms with Gasteiger partial charge in [0.25, 0.3) is 0 Å². The molecule has 0 amide bonds. The van der Waals surface area contributed by atoms with Gasteiger partial charge in [0.1, 0.15) is 19.1 Å². The molecule has 152 valence electrons. The number of H-pyrrole nitrogens is 1. The number of nitrogen functional groups attached to an aromatic ring is 1. The van der Waals surface area contributed by atoms with Crippen molar-refractivity contribution in [1.82, 2.24) is 0 Å². The highest BCUT2D eigenvalue weighted by atomic mass is 35.5. The Morgan fingerprint density at radius 3 is 2.38 bits per heavy atom. The SMILES string of the molecule is CC(Oc1cc(-c2ccc(P(C)(C)=O)cc2)c[nH+]c1N)c1c(Cl)ccc(F)c1Cl.